The summed E-state index contributed by atoms with van der Waals surface area (Å²) in [5, 5.41) is 0. The number of alkyl halides is 1. The first-order valence-electron chi connectivity index (χ1n) is 5.41. The number of hydrogen-bond acceptors (Lipinski definition) is 4. The van der Waals surface area contributed by atoms with Gasteiger partial charge in [0, 0.05) is 5.56 Å². The van der Waals surface area contributed by atoms with E-state index in [0.717, 1.165) is 6.07 Å². The van der Waals surface area contributed by atoms with Gasteiger partial charge in [-0.3, -0.25) is 0 Å². The number of halogens is 2. The number of esters is 1. The third-order valence-electron chi connectivity index (χ3n) is 2.39. The molecule has 1 rings (SSSR count). The summed E-state index contributed by atoms with van der Waals surface area (Å²) >= 11 is 0. The van der Waals surface area contributed by atoms with Crippen molar-refractivity contribution in [3.63, 3.8) is 0 Å². The number of benzene rings is 1. The molecule has 0 aliphatic carbocycles. The normalized spacial score (nSPS) is 13.8. The van der Waals surface area contributed by atoms with Crippen molar-refractivity contribution in [1.29, 1.82) is 0 Å². The molecule has 100 valence electrons. The van der Waals surface area contributed by atoms with E-state index in [4.69, 9.17) is 10.5 Å². The topological polar surface area (TPSA) is 61.5 Å². The third-order valence-corrected chi connectivity index (χ3v) is 2.39. The Balaban J connectivity index is 2.95. The molecule has 0 saturated heterocycles. The summed E-state index contributed by atoms with van der Waals surface area (Å²) in [5.41, 5.74) is 5.39. The number of carbonyl (C=O) groups is 1. The molecule has 0 saturated carbocycles. The minimum Gasteiger partial charge on any atom is -0.497 e. The van der Waals surface area contributed by atoms with Crippen molar-refractivity contribution in [2.75, 3.05) is 13.7 Å². The lowest BCUT2D eigenvalue weighted by Crippen LogP contribution is -2.32. The summed E-state index contributed by atoms with van der Waals surface area (Å²) in [6.45, 7) is 1.58. The van der Waals surface area contributed by atoms with E-state index in [1.807, 2.05) is 0 Å². The zero-order chi connectivity index (χ0) is 13.7. The summed E-state index contributed by atoms with van der Waals surface area (Å²) in [4.78, 5) is 11.2. The Morgan fingerprint density at radius 3 is 2.72 bits per heavy atom. The van der Waals surface area contributed by atoms with Gasteiger partial charge in [0.1, 0.15) is 11.6 Å². The summed E-state index contributed by atoms with van der Waals surface area (Å²) in [7, 11) is 1.39. The molecule has 0 aliphatic rings. The van der Waals surface area contributed by atoms with Crippen molar-refractivity contribution in [1.82, 2.24) is 0 Å². The first kappa shape index (κ1) is 14.4. The highest BCUT2D eigenvalue weighted by Gasteiger charge is 2.29. The Kier molecular flexibility index (Phi) is 5.03. The second-order valence-corrected chi connectivity index (χ2v) is 3.57. The molecule has 1 aromatic carbocycles. The highest BCUT2D eigenvalue weighted by molar-refractivity contribution is 5.75. The Bertz CT molecular complexity index is 426. The Labute approximate surface area is 104 Å². The number of rotatable bonds is 5. The van der Waals surface area contributed by atoms with Crippen molar-refractivity contribution >= 4 is 5.97 Å². The van der Waals surface area contributed by atoms with Crippen LogP contribution in [-0.4, -0.2) is 25.9 Å². The average molecular weight is 259 g/mol. The van der Waals surface area contributed by atoms with E-state index in [-0.39, 0.29) is 12.2 Å². The molecule has 0 aromatic heterocycles. The van der Waals surface area contributed by atoms with Gasteiger partial charge in [-0.25, -0.2) is 13.6 Å². The van der Waals surface area contributed by atoms with Gasteiger partial charge in [0.15, 0.2) is 0 Å². The lowest BCUT2D eigenvalue weighted by atomic mass is 10.0. The fourth-order valence-electron chi connectivity index (χ4n) is 1.43. The smallest absolute Gasteiger partial charge is 0.342 e. The van der Waals surface area contributed by atoms with Crippen LogP contribution in [0, 0.1) is 5.82 Å². The highest BCUT2D eigenvalue weighted by atomic mass is 19.1. The first-order valence-corrected chi connectivity index (χ1v) is 5.41. The number of ether oxygens (including phenoxy) is 2. The van der Waals surface area contributed by atoms with Crippen LogP contribution in [0.3, 0.4) is 0 Å². The van der Waals surface area contributed by atoms with Gasteiger partial charge in [-0.1, -0.05) is 0 Å². The van der Waals surface area contributed by atoms with Crippen molar-refractivity contribution in [2.24, 2.45) is 5.73 Å². The van der Waals surface area contributed by atoms with Crippen LogP contribution < -0.4 is 10.5 Å². The monoisotopic (exact) mass is 259 g/mol. The predicted molar refractivity (Wildman–Crippen MR) is 61.4 cm³/mol. The molecule has 2 atom stereocenters. The lowest BCUT2D eigenvalue weighted by molar-refractivity contribution is -0.149. The molecular weight excluding hydrogens is 244 g/mol. The van der Waals surface area contributed by atoms with Crippen LogP contribution in [0.5, 0.6) is 5.75 Å². The molecule has 2 N–H and O–H groups in total. The molecule has 1 unspecified atom stereocenters. The molecule has 0 fully saturated rings. The minimum atomic E-state index is -2.12. The fourth-order valence-corrected chi connectivity index (χ4v) is 1.43. The van der Waals surface area contributed by atoms with E-state index in [0.29, 0.717) is 5.75 Å². The van der Waals surface area contributed by atoms with Gasteiger partial charge in [-0.15, -0.1) is 0 Å². The van der Waals surface area contributed by atoms with Crippen LogP contribution in [0.25, 0.3) is 0 Å². The van der Waals surface area contributed by atoms with Crippen LogP contribution in [0.2, 0.25) is 0 Å². The number of methoxy groups -OCH3 is 1. The van der Waals surface area contributed by atoms with E-state index < -0.39 is 24.0 Å². The van der Waals surface area contributed by atoms with Crippen LogP contribution in [0.15, 0.2) is 18.2 Å². The van der Waals surface area contributed by atoms with Gasteiger partial charge in [-0.2, -0.15) is 0 Å². The van der Waals surface area contributed by atoms with Crippen LogP contribution in [0.4, 0.5) is 8.78 Å². The molecule has 0 aliphatic heterocycles. The number of hydrogen-bond donors (Lipinski definition) is 1. The molecule has 18 heavy (non-hydrogen) atoms. The molecule has 6 heteroatoms. The van der Waals surface area contributed by atoms with E-state index in [1.54, 1.807) is 6.92 Å². The summed E-state index contributed by atoms with van der Waals surface area (Å²) in [6, 6.07) is 2.31. The fraction of sp³-hybridized carbons (Fsp3) is 0.417. The maximum absolute atomic E-state index is 13.7. The second kappa shape index (κ2) is 6.30. The summed E-state index contributed by atoms with van der Waals surface area (Å²) in [6.07, 6.45) is -2.12. The minimum absolute atomic E-state index is 0.0343. The molecule has 4 nitrogen and oxygen atoms in total. The maximum atomic E-state index is 13.7. The van der Waals surface area contributed by atoms with Gasteiger partial charge in [0.25, 0.3) is 0 Å². The molecule has 0 radical (unpaired) electrons. The standard InChI is InChI=1S/C12H15F2NO3/c1-3-18-12(16)10(14)11(15)8-6-7(17-2)4-5-9(8)13/h4-6,10-11H,3,15H2,1-2H3/t10?,11-/m0/s1. The van der Waals surface area contributed by atoms with Crippen LogP contribution in [-0.2, 0) is 9.53 Å². The predicted octanol–water partition coefficient (Wildman–Crippen LogP) is 1.74. The van der Waals surface area contributed by atoms with E-state index in [9.17, 15) is 13.6 Å². The number of nitrogens with two attached hydrogens (primary N) is 1. The van der Waals surface area contributed by atoms with Gasteiger partial charge >= 0.3 is 5.97 Å². The third kappa shape index (κ3) is 3.16. The largest absolute Gasteiger partial charge is 0.497 e. The van der Waals surface area contributed by atoms with Gasteiger partial charge in [0.05, 0.1) is 19.8 Å². The van der Waals surface area contributed by atoms with Crippen molar-refractivity contribution in [2.45, 2.75) is 19.1 Å². The van der Waals surface area contributed by atoms with Crippen molar-refractivity contribution in [3.8, 4) is 5.75 Å². The summed E-state index contributed by atoms with van der Waals surface area (Å²) < 4.78 is 36.6. The molecule has 0 amide bonds. The Morgan fingerprint density at radius 2 is 2.17 bits per heavy atom. The Morgan fingerprint density at radius 1 is 1.50 bits per heavy atom. The lowest BCUT2D eigenvalue weighted by Gasteiger charge is -2.17. The molecule has 0 spiro atoms. The average Bonchev–Trinajstić information content (AvgIpc) is 2.38. The van der Waals surface area contributed by atoms with Gasteiger partial charge < -0.3 is 15.2 Å². The second-order valence-electron chi connectivity index (χ2n) is 3.57. The van der Waals surface area contributed by atoms with Crippen LogP contribution in [0.1, 0.15) is 18.5 Å². The van der Waals surface area contributed by atoms with Crippen molar-refractivity contribution in [3.05, 3.63) is 29.6 Å². The molecule has 0 heterocycles. The van der Waals surface area contributed by atoms with E-state index in [1.165, 1.54) is 19.2 Å². The van der Waals surface area contributed by atoms with Gasteiger partial charge in [0.2, 0.25) is 6.17 Å². The van der Waals surface area contributed by atoms with Crippen molar-refractivity contribution < 1.29 is 23.0 Å². The summed E-state index contributed by atoms with van der Waals surface area (Å²) in [5.74, 6) is -1.47. The van der Waals surface area contributed by atoms with E-state index >= 15 is 0 Å². The molecular formula is C12H15F2NO3. The molecule has 1 aromatic rings. The maximum Gasteiger partial charge on any atom is 0.342 e. The SMILES string of the molecule is CCOC(=O)C(F)[C@@H](N)c1cc(OC)ccc1F. The zero-order valence-electron chi connectivity index (χ0n) is 10.2. The quantitative estimate of drug-likeness (QED) is 0.818. The first-order chi connectivity index (χ1) is 8.51. The van der Waals surface area contributed by atoms with Gasteiger partial charge in [-0.05, 0) is 25.1 Å². The van der Waals surface area contributed by atoms with E-state index in [2.05, 4.69) is 4.74 Å². The molecule has 0 bridgehead atoms. The van der Waals surface area contributed by atoms with Crippen LogP contribution >= 0.6 is 0 Å². The zero-order valence-corrected chi connectivity index (χ0v) is 10.2. The Hall–Kier alpha value is -1.69. The highest BCUT2D eigenvalue weighted by Crippen LogP contribution is 2.25. The number of carbonyl (C=O) groups excluding carboxylic acids is 1.